The Balaban J connectivity index is 2.15. The molecule has 0 aliphatic carbocycles. The first kappa shape index (κ1) is 12.1. The second kappa shape index (κ2) is 5.31. The van der Waals surface area contributed by atoms with Crippen molar-refractivity contribution < 1.29 is 0 Å². The smallest absolute Gasteiger partial charge is 0.0947 e. The summed E-state index contributed by atoms with van der Waals surface area (Å²) in [5.74, 6) is 5.57. The first-order valence-electron chi connectivity index (χ1n) is 5.37. The van der Waals surface area contributed by atoms with Crippen molar-refractivity contribution in [1.82, 2.24) is 15.0 Å². The summed E-state index contributed by atoms with van der Waals surface area (Å²) in [6.07, 6.45) is 4.47. The van der Waals surface area contributed by atoms with Crippen LogP contribution in [0.3, 0.4) is 0 Å². The van der Waals surface area contributed by atoms with E-state index in [0.717, 1.165) is 22.7 Å². The fraction of sp³-hybridized carbons (Fsp3) is 0.250. The number of benzene rings is 1. The lowest BCUT2D eigenvalue weighted by Crippen LogP contribution is -2.29. The van der Waals surface area contributed by atoms with E-state index in [2.05, 4.69) is 10.4 Å². The molecule has 1 atom stereocenters. The Morgan fingerprint density at radius 2 is 2.35 bits per heavy atom. The molecule has 0 aliphatic heterocycles. The molecule has 2 aromatic rings. The third kappa shape index (κ3) is 3.06. The number of nitrogens with zero attached hydrogens (tertiary/aromatic N) is 2. The highest BCUT2D eigenvalue weighted by molar-refractivity contribution is 6.30. The molecule has 0 spiro atoms. The molecule has 17 heavy (non-hydrogen) atoms. The van der Waals surface area contributed by atoms with Crippen LogP contribution < -0.4 is 11.3 Å². The molecular formula is C12H15ClN4. The zero-order chi connectivity index (χ0) is 12.3. The quantitative estimate of drug-likeness (QED) is 0.643. The maximum absolute atomic E-state index is 5.95. The first-order chi connectivity index (χ1) is 8.19. The van der Waals surface area contributed by atoms with E-state index >= 15 is 0 Å². The fourth-order valence-corrected chi connectivity index (χ4v) is 1.97. The van der Waals surface area contributed by atoms with Crippen LogP contribution in [0.25, 0.3) is 0 Å². The van der Waals surface area contributed by atoms with Gasteiger partial charge in [-0.2, -0.15) is 0 Å². The second-order valence-electron chi connectivity index (χ2n) is 4.02. The topological polar surface area (TPSA) is 55.9 Å². The van der Waals surface area contributed by atoms with Gasteiger partial charge in [0.2, 0.25) is 0 Å². The maximum atomic E-state index is 5.95. The van der Waals surface area contributed by atoms with Crippen molar-refractivity contribution in [3.05, 3.63) is 53.1 Å². The van der Waals surface area contributed by atoms with Crippen LogP contribution in [0.2, 0.25) is 5.02 Å². The number of hydrazine groups is 1. The summed E-state index contributed by atoms with van der Waals surface area (Å²) < 4.78 is 1.90. The van der Waals surface area contributed by atoms with Crippen LogP contribution >= 0.6 is 11.6 Å². The average molecular weight is 251 g/mol. The van der Waals surface area contributed by atoms with Gasteiger partial charge in [0.15, 0.2) is 0 Å². The Bertz CT molecular complexity index is 495. The van der Waals surface area contributed by atoms with E-state index in [4.69, 9.17) is 17.4 Å². The minimum absolute atomic E-state index is 0.00494. The van der Waals surface area contributed by atoms with E-state index in [1.54, 1.807) is 6.33 Å². The SMILES string of the molecule is Cn1cnc(C(Cc2cccc(Cl)c2)NN)c1. The maximum Gasteiger partial charge on any atom is 0.0947 e. The number of aromatic nitrogens is 2. The fourth-order valence-electron chi connectivity index (χ4n) is 1.76. The van der Waals surface area contributed by atoms with Gasteiger partial charge < -0.3 is 4.57 Å². The molecular weight excluding hydrogens is 236 g/mol. The van der Waals surface area contributed by atoms with E-state index in [0.29, 0.717) is 0 Å². The summed E-state index contributed by atoms with van der Waals surface area (Å²) in [5, 5.41) is 0.735. The summed E-state index contributed by atoms with van der Waals surface area (Å²) in [7, 11) is 1.93. The van der Waals surface area contributed by atoms with Gasteiger partial charge >= 0.3 is 0 Å². The highest BCUT2D eigenvalue weighted by atomic mass is 35.5. The number of rotatable bonds is 4. The number of nitrogens with one attached hydrogen (secondary N) is 1. The minimum Gasteiger partial charge on any atom is -0.340 e. The number of imidazole rings is 1. The van der Waals surface area contributed by atoms with Gasteiger partial charge in [0.25, 0.3) is 0 Å². The molecule has 1 aromatic carbocycles. The lowest BCUT2D eigenvalue weighted by molar-refractivity contribution is 0.540. The zero-order valence-electron chi connectivity index (χ0n) is 9.60. The molecule has 3 N–H and O–H groups in total. The van der Waals surface area contributed by atoms with Gasteiger partial charge in [-0.25, -0.2) is 4.98 Å². The summed E-state index contributed by atoms with van der Waals surface area (Å²) in [5.41, 5.74) is 4.84. The molecule has 1 heterocycles. The summed E-state index contributed by atoms with van der Waals surface area (Å²) >= 11 is 5.95. The molecule has 0 fully saturated rings. The van der Waals surface area contributed by atoms with Crippen molar-refractivity contribution in [1.29, 1.82) is 0 Å². The predicted octanol–water partition coefficient (Wildman–Crippen LogP) is 1.82. The van der Waals surface area contributed by atoms with Crippen molar-refractivity contribution in [3.63, 3.8) is 0 Å². The summed E-state index contributed by atoms with van der Waals surface area (Å²) in [6, 6.07) is 7.75. The van der Waals surface area contributed by atoms with Crippen LogP contribution in [0.4, 0.5) is 0 Å². The molecule has 0 bridgehead atoms. The molecule has 0 saturated carbocycles. The molecule has 0 saturated heterocycles. The molecule has 0 amide bonds. The number of hydrogen-bond acceptors (Lipinski definition) is 3. The van der Waals surface area contributed by atoms with E-state index < -0.39 is 0 Å². The van der Waals surface area contributed by atoms with Crippen LogP contribution in [-0.4, -0.2) is 9.55 Å². The van der Waals surface area contributed by atoms with Crippen LogP contribution in [-0.2, 0) is 13.5 Å². The molecule has 1 unspecified atom stereocenters. The Hall–Kier alpha value is -1.36. The first-order valence-corrected chi connectivity index (χ1v) is 5.75. The summed E-state index contributed by atoms with van der Waals surface area (Å²) in [6.45, 7) is 0. The number of halogens is 1. The Morgan fingerprint density at radius 1 is 1.53 bits per heavy atom. The molecule has 4 nitrogen and oxygen atoms in total. The van der Waals surface area contributed by atoms with E-state index in [1.165, 1.54) is 0 Å². The predicted molar refractivity (Wildman–Crippen MR) is 68.4 cm³/mol. The van der Waals surface area contributed by atoms with Crippen LogP contribution in [0.15, 0.2) is 36.8 Å². The van der Waals surface area contributed by atoms with Gasteiger partial charge in [-0.3, -0.25) is 11.3 Å². The van der Waals surface area contributed by atoms with Crippen molar-refractivity contribution in [2.45, 2.75) is 12.5 Å². The minimum atomic E-state index is -0.00494. The van der Waals surface area contributed by atoms with Crippen molar-refractivity contribution in [2.24, 2.45) is 12.9 Å². The third-order valence-electron chi connectivity index (χ3n) is 2.61. The van der Waals surface area contributed by atoms with Crippen molar-refractivity contribution >= 4 is 11.6 Å². The van der Waals surface area contributed by atoms with Gasteiger partial charge in [-0.15, -0.1) is 0 Å². The average Bonchev–Trinajstić information content (AvgIpc) is 2.73. The highest BCUT2D eigenvalue weighted by Crippen LogP contribution is 2.18. The van der Waals surface area contributed by atoms with Gasteiger partial charge in [-0.1, -0.05) is 23.7 Å². The highest BCUT2D eigenvalue weighted by Gasteiger charge is 2.13. The van der Waals surface area contributed by atoms with Gasteiger partial charge in [0.1, 0.15) is 0 Å². The van der Waals surface area contributed by atoms with Gasteiger partial charge in [0, 0.05) is 18.3 Å². The van der Waals surface area contributed by atoms with Crippen LogP contribution in [0.5, 0.6) is 0 Å². The standard InChI is InChI=1S/C12H15ClN4/c1-17-7-12(15-8-17)11(16-14)6-9-3-2-4-10(13)5-9/h2-5,7-8,11,16H,6,14H2,1H3. The van der Waals surface area contributed by atoms with Gasteiger partial charge in [0.05, 0.1) is 18.1 Å². The number of hydrogen-bond donors (Lipinski definition) is 2. The molecule has 2 rings (SSSR count). The molecule has 0 radical (unpaired) electrons. The Kier molecular flexibility index (Phi) is 3.78. The van der Waals surface area contributed by atoms with Crippen LogP contribution in [0, 0.1) is 0 Å². The second-order valence-corrected chi connectivity index (χ2v) is 4.45. The normalized spacial score (nSPS) is 12.6. The summed E-state index contributed by atoms with van der Waals surface area (Å²) in [4.78, 5) is 4.29. The monoisotopic (exact) mass is 250 g/mol. The van der Waals surface area contributed by atoms with Crippen LogP contribution in [0.1, 0.15) is 17.3 Å². The van der Waals surface area contributed by atoms with E-state index in [1.807, 2.05) is 42.1 Å². The number of nitrogens with two attached hydrogens (primary N) is 1. The van der Waals surface area contributed by atoms with Gasteiger partial charge in [-0.05, 0) is 24.1 Å². The zero-order valence-corrected chi connectivity index (χ0v) is 10.4. The van der Waals surface area contributed by atoms with Crippen molar-refractivity contribution in [3.8, 4) is 0 Å². The largest absolute Gasteiger partial charge is 0.340 e. The Labute approximate surface area is 105 Å². The van der Waals surface area contributed by atoms with E-state index in [9.17, 15) is 0 Å². The molecule has 1 aromatic heterocycles. The van der Waals surface area contributed by atoms with E-state index in [-0.39, 0.29) is 6.04 Å². The lowest BCUT2D eigenvalue weighted by Gasteiger charge is -2.13. The molecule has 0 aliphatic rings. The van der Waals surface area contributed by atoms with Crippen molar-refractivity contribution in [2.75, 3.05) is 0 Å². The number of aryl methyl sites for hydroxylation is 1. The third-order valence-corrected chi connectivity index (χ3v) is 2.85. The molecule has 90 valence electrons. The molecule has 5 heteroatoms. The Morgan fingerprint density at radius 3 is 2.94 bits per heavy atom. The lowest BCUT2D eigenvalue weighted by atomic mass is 10.0.